The third-order valence-corrected chi connectivity index (χ3v) is 4.40. The summed E-state index contributed by atoms with van der Waals surface area (Å²) in [5.41, 5.74) is 2.26. The minimum absolute atomic E-state index is 0.236. The first-order valence-corrected chi connectivity index (χ1v) is 9.05. The van der Waals surface area contributed by atoms with E-state index in [1.165, 1.54) is 10.9 Å². The van der Waals surface area contributed by atoms with Crippen molar-refractivity contribution in [3.63, 3.8) is 0 Å². The number of aromatic amines is 1. The number of amides is 1. The summed E-state index contributed by atoms with van der Waals surface area (Å²) in [4.78, 5) is 26.1. The predicted octanol–water partition coefficient (Wildman–Crippen LogP) is 1.48. The van der Waals surface area contributed by atoms with Gasteiger partial charge < -0.3 is 20.2 Å². The highest BCUT2D eigenvalue weighted by Crippen LogP contribution is 2.19. The summed E-state index contributed by atoms with van der Waals surface area (Å²) in [5.74, 6) is -0.780. The van der Waals surface area contributed by atoms with Gasteiger partial charge in [-0.2, -0.15) is 11.8 Å². The summed E-state index contributed by atoms with van der Waals surface area (Å²) < 4.78 is 0. The molecule has 124 valence electrons. The number of carboxylic acid groups (broad SMARTS) is 1. The zero-order valence-corrected chi connectivity index (χ0v) is 13.9. The monoisotopic (exact) mass is 333 g/mol. The minimum atomic E-state index is -1.22. The van der Waals surface area contributed by atoms with E-state index in [0.29, 0.717) is 25.0 Å². The molecular weight excluding hydrogens is 312 g/mol. The van der Waals surface area contributed by atoms with Gasteiger partial charge in [0, 0.05) is 23.5 Å². The van der Waals surface area contributed by atoms with Crippen LogP contribution in [0.5, 0.6) is 0 Å². The molecule has 1 heterocycles. The number of carboxylic acids is 1. The Hall–Kier alpha value is -1.95. The fraction of sp³-hybridized carbons (Fsp3) is 0.412. The van der Waals surface area contributed by atoms with Crippen LogP contribution in [0, 0.1) is 0 Å². The fourth-order valence-corrected chi connectivity index (χ4v) is 3.00. The van der Waals surface area contributed by atoms with Gasteiger partial charge in [0.25, 0.3) is 0 Å². The Morgan fingerprint density at radius 2 is 2.13 bits per heavy atom. The van der Waals surface area contributed by atoms with E-state index >= 15 is 0 Å². The lowest BCUT2D eigenvalue weighted by molar-refractivity contribution is -0.308. The molecule has 2 N–H and O–H groups in total. The van der Waals surface area contributed by atoms with Gasteiger partial charge in [-0.25, -0.2) is 0 Å². The Kier molecular flexibility index (Phi) is 6.52. The molecule has 0 fully saturated rings. The van der Waals surface area contributed by atoms with Crippen LogP contribution in [0.15, 0.2) is 30.5 Å². The Morgan fingerprint density at radius 1 is 1.35 bits per heavy atom. The Bertz CT molecular complexity index is 669. The molecule has 0 aliphatic heterocycles. The molecule has 1 amide bonds. The molecule has 0 aliphatic carbocycles. The number of hydrogen-bond donors (Lipinski definition) is 2. The number of nitrogens with one attached hydrogen (secondary N) is 2. The van der Waals surface area contributed by atoms with Gasteiger partial charge in [0.05, 0.1) is 12.0 Å². The van der Waals surface area contributed by atoms with Crippen LogP contribution in [0.2, 0.25) is 0 Å². The van der Waals surface area contributed by atoms with Crippen molar-refractivity contribution in [2.24, 2.45) is 0 Å². The number of thioether (sulfide) groups is 1. The number of para-hydroxylation sites is 1. The SMILES string of the molecule is CSCC[C@H](NC(=O)CCCc1c[nH]c2ccccc12)C(=O)[O-]. The van der Waals surface area contributed by atoms with E-state index in [1.54, 1.807) is 11.8 Å². The van der Waals surface area contributed by atoms with Gasteiger partial charge in [-0.15, -0.1) is 0 Å². The molecular formula is C17H21N2O3S-. The maximum Gasteiger partial charge on any atom is 0.220 e. The van der Waals surface area contributed by atoms with E-state index in [-0.39, 0.29) is 5.91 Å². The first kappa shape index (κ1) is 17.4. The first-order chi connectivity index (χ1) is 11.1. The molecule has 0 bridgehead atoms. The molecule has 2 aromatic rings. The van der Waals surface area contributed by atoms with E-state index in [4.69, 9.17) is 0 Å². The van der Waals surface area contributed by atoms with Gasteiger partial charge in [0.1, 0.15) is 0 Å². The van der Waals surface area contributed by atoms with Gasteiger partial charge in [-0.1, -0.05) is 18.2 Å². The highest BCUT2D eigenvalue weighted by molar-refractivity contribution is 7.98. The van der Waals surface area contributed by atoms with Crippen molar-refractivity contribution in [1.82, 2.24) is 10.3 Å². The summed E-state index contributed by atoms with van der Waals surface area (Å²) in [6.07, 6.45) is 6.01. The lowest BCUT2D eigenvalue weighted by Crippen LogP contribution is -2.48. The summed E-state index contributed by atoms with van der Waals surface area (Å²) in [6.45, 7) is 0. The zero-order valence-electron chi connectivity index (χ0n) is 13.1. The van der Waals surface area contributed by atoms with Crippen LogP contribution >= 0.6 is 11.8 Å². The van der Waals surface area contributed by atoms with Gasteiger partial charge in [0.15, 0.2) is 0 Å². The summed E-state index contributed by atoms with van der Waals surface area (Å²) in [6, 6.07) is 7.13. The molecule has 5 nitrogen and oxygen atoms in total. The van der Waals surface area contributed by atoms with Gasteiger partial charge in [-0.3, -0.25) is 4.79 Å². The molecule has 0 saturated heterocycles. The van der Waals surface area contributed by atoms with Crippen LogP contribution in [0.3, 0.4) is 0 Å². The highest BCUT2D eigenvalue weighted by atomic mass is 32.2. The van der Waals surface area contributed by atoms with Crippen molar-refractivity contribution in [3.05, 3.63) is 36.0 Å². The molecule has 23 heavy (non-hydrogen) atoms. The highest BCUT2D eigenvalue weighted by Gasteiger charge is 2.13. The van der Waals surface area contributed by atoms with E-state index in [1.807, 2.05) is 30.7 Å². The van der Waals surface area contributed by atoms with E-state index in [2.05, 4.69) is 16.4 Å². The van der Waals surface area contributed by atoms with Crippen molar-refractivity contribution in [2.75, 3.05) is 12.0 Å². The number of fused-ring (bicyclic) bond motifs is 1. The number of H-pyrrole nitrogens is 1. The van der Waals surface area contributed by atoms with Gasteiger partial charge in [0.2, 0.25) is 5.91 Å². The Balaban J connectivity index is 1.81. The maximum absolute atomic E-state index is 11.9. The largest absolute Gasteiger partial charge is 0.548 e. The fourth-order valence-electron chi connectivity index (χ4n) is 2.53. The normalized spacial score (nSPS) is 12.2. The van der Waals surface area contributed by atoms with Crippen LogP contribution in [0.4, 0.5) is 0 Å². The third-order valence-electron chi connectivity index (χ3n) is 3.76. The van der Waals surface area contributed by atoms with Crippen LogP contribution in [0.1, 0.15) is 24.8 Å². The summed E-state index contributed by atoms with van der Waals surface area (Å²) in [5, 5.41) is 14.7. The average Bonchev–Trinajstić information content (AvgIpc) is 2.94. The van der Waals surface area contributed by atoms with Crippen molar-refractivity contribution in [3.8, 4) is 0 Å². The molecule has 0 radical (unpaired) electrons. The van der Waals surface area contributed by atoms with Crippen LogP contribution in [-0.4, -0.2) is 34.9 Å². The Labute approximate surface area is 139 Å². The Morgan fingerprint density at radius 3 is 2.87 bits per heavy atom. The molecule has 1 aromatic carbocycles. The van der Waals surface area contributed by atoms with E-state index in [9.17, 15) is 14.7 Å². The number of rotatable bonds is 9. The topological polar surface area (TPSA) is 85.0 Å². The third kappa shape index (κ3) is 5.03. The standard InChI is InChI=1S/C17H22N2O3S/c1-23-10-9-15(17(21)22)19-16(20)8-4-5-12-11-18-14-7-3-2-6-13(12)14/h2-3,6-7,11,15,18H,4-5,8-10H2,1H3,(H,19,20)(H,21,22)/p-1/t15-/m0/s1. The summed E-state index contributed by atoms with van der Waals surface area (Å²) >= 11 is 1.55. The average molecular weight is 333 g/mol. The number of benzene rings is 1. The smallest absolute Gasteiger partial charge is 0.220 e. The van der Waals surface area contributed by atoms with E-state index < -0.39 is 12.0 Å². The second-order valence-corrected chi connectivity index (χ2v) is 6.42. The molecule has 0 spiro atoms. The second-order valence-electron chi connectivity index (χ2n) is 5.43. The lowest BCUT2D eigenvalue weighted by Gasteiger charge is -2.19. The molecule has 2 rings (SSSR count). The number of aromatic nitrogens is 1. The van der Waals surface area contributed by atoms with Crippen LogP contribution in [-0.2, 0) is 16.0 Å². The first-order valence-electron chi connectivity index (χ1n) is 7.66. The van der Waals surface area contributed by atoms with Crippen molar-refractivity contribution < 1.29 is 14.7 Å². The minimum Gasteiger partial charge on any atom is -0.548 e. The lowest BCUT2D eigenvalue weighted by atomic mass is 10.1. The predicted molar refractivity (Wildman–Crippen MR) is 91.2 cm³/mol. The number of aryl methyl sites for hydroxylation is 1. The van der Waals surface area contributed by atoms with Gasteiger partial charge in [-0.05, 0) is 42.9 Å². The number of carbonyl (C=O) groups excluding carboxylic acids is 2. The second kappa shape index (κ2) is 8.62. The molecule has 1 atom stereocenters. The van der Waals surface area contributed by atoms with Crippen LogP contribution in [0.25, 0.3) is 10.9 Å². The molecule has 0 saturated carbocycles. The van der Waals surface area contributed by atoms with E-state index in [0.717, 1.165) is 11.9 Å². The van der Waals surface area contributed by atoms with Gasteiger partial charge >= 0.3 is 0 Å². The van der Waals surface area contributed by atoms with Crippen molar-refractivity contribution >= 4 is 34.5 Å². The molecule has 1 aromatic heterocycles. The zero-order chi connectivity index (χ0) is 16.7. The van der Waals surface area contributed by atoms with Crippen LogP contribution < -0.4 is 10.4 Å². The summed E-state index contributed by atoms with van der Waals surface area (Å²) in [7, 11) is 0. The number of hydrogen-bond acceptors (Lipinski definition) is 4. The molecule has 0 unspecified atom stereocenters. The molecule has 6 heteroatoms. The van der Waals surface area contributed by atoms with Crippen molar-refractivity contribution in [1.29, 1.82) is 0 Å². The number of carbonyl (C=O) groups is 2. The molecule has 0 aliphatic rings. The number of aliphatic carboxylic acids is 1. The maximum atomic E-state index is 11.9. The quantitative estimate of drug-likeness (QED) is 0.728. The van der Waals surface area contributed by atoms with Crippen molar-refractivity contribution in [2.45, 2.75) is 31.7 Å².